The SMILES string of the molecule is CCC(Nc1ccccn1)C(=O)O. The van der Waals surface area contributed by atoms with Crippen molar-refractivity contribution < 1.29 is 9.90 Å². The smallest absolute Gasteiger partial charge is 0.326 e. The first kappa shape index (κ1) is 9.51. The van der Waals surface area contributed by atoms with Crippen molar-refractivity contribution >= 4 is 11.8 Å². The molecular weight excluding hydrogens is 168 g/mol. The van der Waals surface area contributed by atoms with Crippen molar-refractivity contribution in [1.29, 1.82) is 0 Å². The summed E-state index contributed by atoms with van der Waals surface area (Å²) in [5.41, 5.74) is 0. The van der Waals surface area contributed by atoms with Gasteiger partial charge in [0.2, 0.25) is 0 Å². The van der Waals surface area contributed by atoms with Gasteiger partial charge in [-0.3, -0.25) is 0 Å². The number of hydrogen-bond donors (Lipinski definition) is 2. The maximum Gasteiger partial charge on any atom is 0.326 e. The maximum atomic E-state index is 10.6. The molecule has 0 aliphatic rings. The van der Waals surface area contributed by atoms with Gasteiger partial charge in [-0.05, 0) is 18.6 Å². The third-order valence-electron chi connectivity index (χ3n) is 1.69. The fourth-order valence-corrected chi connectivity index (χ4v) is 0.965. The van der Waals surface area contributed by atoms with E-state index in [1.807, 2.05) is 13.0 Å². The Labute approximate surface area is 76.6 Å². The number of nitrogens with one attached hydrogen (secondary N) is 1. The highest BCUT2D eigenvalue weighted by molar-refractivity contribution is 5.76. The van der Waals surface area contributed by atoms with E-state index in [1.54, 1.807) is 18.3 Å². The molecule has 0 fully saturated rings. The summed E-state index contributed by atoms with van der Waals surface area (Å²) in [4.78, 5) is 14.6. The van der Waals surface area contributed by atoms with E-state index in [-0.39, 0.29) is 0 Å². The summed E-state index contributed by atoms with van der Waals surface area (Å²) in [5, 5.41) is 11.6. The van der Waals surface area contributed by atoms with E-state index >= 15 is 0 Å². The van der Waals surface area contributed by atoms with E-state index < -0.39 is 12.0 Å². The average Bonchev–Trinajstić information content (AvgIpc) is 2.15. The number of nitrogens with zero attached hydrogens (tertiary/aromatic N) is 1. The monoisotopic (exact) mass is 180 g/mol. The van der Waals surface area contributed by atoms with Crippen LogP contribution >= 0.6 is 0 Å². The van der Waals surface area contributed by atoms with Crippen LogP contribution in [0.25, 0.3) is 0 Å². The number of anilines is 1. The molecule has 1 atom stereocenters. The minimum atomic E-state index is -0.854. The first-order valence-corrected chi connectivity index (χ1v) is 4.14. The topological polar surface area (TPSA) is 62.2 Å². The second-order valence-electron chi connectivity index (χ2n) is 2.66. The average molecular weight is 180 g/mol. The van der Waals surface area contributed by atoms with Gasteiger partial charge < -0.3 is 10.4 Å². The lowest BCUT2D eigenvalue weighted by Gasteiger charge is -2.11. The molecule has 0 aromatic carbocycles. The number of aliphatic carboxylic acids is 1. The molecule has 13 heavy (non-hydrogen) atoms. The molecule has 1 unspecified atom stereocenters. The third-order valence-corrected chi connectivity index (χ3v) is 1.69. The van der Waals surface area contributed by atoms with Crippen LogP contribution in [0.5, 0.6) is 0 Å². The van der Waals surface area contributed by atoms with Gasteiger partial charge in [0, 0.05) is 6.20 Å². The van der Waals surface area contributed by atoms with Gasteiger partial charge in [0.15, 0.2) is 0 Å². The zero-order valence-corrected chi connectivity index (χ0v) is 7.40. The van der Waals surface area contributed by atoms with E-state index in [4.69, 9.17) is 5.11 Å². The van der Waals surface area contributed by atoms with E-state index in [0.29, 0.717) is 12.2 Å². The molecule has 70 valence electrons. The van der Waals surface area contributed by atoms with Crippen molar-refractivity contribution in [3.8, 4) is 0 Å². The standard InChI is InChI=1S/C9H12N2O2/c1-2-7(9(12)13)11-8-5-3-4-6-10-8/h3-7H,2H2,1H3,(H,10,11)(H,12,13). The molecule has 2 N–H and O–H groups in total. The Balaban J connectivity index is 2.62. The molecule has 0 aliphatic heterocycles. The predicted octanol–water partition coefficient (Wildman–Crippen LogP) is 1.36. The zero-order valence-electron chi connectivity index (χ0n) is 7.40. The van der Waals surface area contributed by atoms with Gasteiger partial charge in [-0.15, -0.1) is 0 Å². The largest absolute Gasteiger partial charge is 0.480 e. The third kappa shape index (κ3) is 2.74. The van der Waals surface area contributed by atoms with E-state index in [2.05, 4.69) is 10.3 Å². The van der Waals surface area contributed by atoms with Crippen molar-refractivity contribution in [3.05, 3.63) is 24.4 Å². The minimum absolute atomic E-state index is 0.534. The van der Waals surface area contributed by atoms with Crippen LogP contribution in [0.15, 0.2) is 24.4 Å². The zero-order chi connectivity index (χ0) is 9.68. The van der Waals surface area contributed by atoms with Crippen molar-refractivity contribution in [2.45, 2.75) is 19.4 Å². The van der Waals surface area contributed by atoms with Crippen LogP contribution in [0.2, 0.25) is 0 Å². The molecule has 0 aliphatic carbocycles. The van der Waals surface area contributed by atoms with Crippen LogP contribution in [0.3, 0.4) is 0 Å². The van der Waals surface area contributed by atoms with Gasteiger partial charge in [0.25, 0.3) is 0 Å². The molecule has 0 spiro atoms. The number of aromatic nitrogens is 1. The van der Waals surface area contributed by atoms with Crippen LogP contribution < -0.4 is 5.32 Å². The van der Waals surface area contributed by atoms with Crippen molar-refractivity contribution in [3.63, 3.8) is 0 Å². The molecule has 4 nitrogen and oxygen atoms in total. The normalized spacial score (nSPS) is 12.1. The van der Waals surface area contributed by atoms with Crippen LogP contribution in [-0.4, -0.2) is 22.1 Å². The first-order chi connectivity index (χ1) is 6.24. The fraction of sp³-hybridized carbons (Fsp3) is 0.333. The highest BCUT2D eigenvalue weighted by Gasteiger charge is 2.13. The first-order valence-electron chi connectivity index (χ1n) is 4.14. The lowest BCUT2D eigenvalue weighted by Crippen LogP contribution is -2.28. The second-order valence-corrected chi connectivity index (χ2v) is 2.66. The number of carbonyl (C=O) groups is 1. The Hall–Kier alpha value is -1.58. The van der Waals surface area contributed by atoms with Gasteiger partial charge in [-0.25, -0.2) is 9.78 Å². The molecule has 0 radical (unpaired) electrons. The van der Waals surface area contributed by atoms with Crippen LogP contribution in [-0.2, 0) is 4.79 Å². The number of pyridine rings is 1. The number of rotatable bonds is 4. The Bertz CT molecular complexity index is 274. The minimum Gasteiger partial charge on any atom is -0.480 e. The molecule has 4 heteroatoms. The summed E-state index contributed by atoms with van der Waals surface area (Å²) >= 11 is 0. The summed E-state index contributed by atoms with van der Waals surface area (Å²) in [6, 6.07) is 4.78. The van der Waals surface area contributed by atoms with Gasteiger partial charge in [-0.1, -0.05) is 13.0 Å². The Morgan fingerprint density at radius 2 is 2.46 bits per heavy atom. The molecule has 0 amide bonds. The van der Waals surface area contributed by atoms with Crippen molar-refractivity contribution in [2.75, 3.05) is 5.32 Å². The van der Waals surface area contributed by atoms with Gasteiger partial charge in [0.05, 0.1) is 0 Å². The molecule has 0 saturated carbocycles. The Kier molecular flexibility index (Phi) is 3.25. The molecule has 1 rings (SSSR count). The number of hydrogen-bond acceptors (Lipinski definition) is 3. The second kappa shape index (κ2) is 4.45. The highest BCUT2D eigenvalue weighted by Crippen LogP contribution is 2.04. The Morgan fingerprint density at radius 1 is 1.69 bits per heavy atom. The maximum absolute atomic E-state index is 10.6. The van der Waals surface area contributed by atoms with Crippen LogP contribution in [0.4, 0.5) is 5.82 Å². The quantitative estimate of drug-likeness (QED) is 0.734. The predicted molar refractivity (Wildman–Crippen MR) is 49.6 cm³/mol. The van der Waals surface area contributed by atoms with Gasteiger partial charge in [-0.2, -0.15) is 0 Å². The molecule has 0 saturated heterocycles. The van der Waals surface area contributed by atoms with Crippen LogP contribution in [0.1, 0.15) is 13.3 Å². The summed E-state index contributed by atoms with van der Waals surface area (Å²) in [5.74, 6) is -0.259. The van der Waals surface area contributed by atoms with Gasteiger partial charge in [0.1, 0.15) is 11.9 Å². The van der Waals surface area contributed by atoms with Gasteiger partial charge >= 0.3 is 5.97 Å². The van der Waals surface area contributed by atoms with Crippen molar-refractivity contribution in [1.82, 2.24) is 4.98 Å². The fourth-order valence-electron chi connectivity index (χ4n) is 0.965. The summed E-state index contributed by atoms with van der Waals surface area (Å²) < 4.78 is 0. The molecular formula is C9H12N2O2. The lowest BCUT2D eigenvalue weighted by molar-refractivity contribution is -0.137. The van der Waals surface area contributed by atoms with Crippen LogP contribution in [0, 0.1) is 0 Å². The molecule has 1 heterocycles. The molecule has 1 aromatic heterocycles. The number of carboxylic acids is 1. The summed E-state index contributed by atoms with van der Waals surface area (Å²) in [6.07, 6.45) is 2.16. The van der Waals surface area contributed by atoms with Crippen molar-refractivity contribution in [2.24, 2.45) is 0 Å². The Morgan fingerprint density at radius 3 is 2.92 bits per heavy atom. The van der Waals surface area contributed by atoms with E-state index in [0.717, 1.165) is 0 Å². The lowest BCUT2D eigenvalue weighted by atomic mass is 10.2. The number of carboxylic acid groups (broad SMARTS) is 1. The van der Waals surface area contributed by atoms with E-state index in [1.165, 1.54) is 0 Å². The molecule has 0 bridgehead atoms. The molecule has 1 aromatic rings. The highest BCUT2D eigenvalue weighted by atomic mass is 16.4. The summed E-state index contributed by atoms with van der Waals surface area (Å²) in [7, 11) is 0. The summed E-state index contributed by atoms with van der Waals surface area (Å²) in [6.45, 7) is 1.81. The van der Waals surface area contributed by atoms with E-state index in [9.17, 15) is 4.79 Å².